The molecule has 0 aliphatic heterocycles. The first kappa shape index (κ1) is 38.4. The Balaban J connectivity index is 3.28. The summed E-state index contributed by atoms with van der Waals surface area (Å²) in [4.78, 5) is 50.0. The topological polar surface area (TPSA) is 179 Å². The quantitative estimate of drug-likeness (QED) is 0.0238. The van der Waals surface area contributed by atoms with Gasteiger partial charge in [0.05, 0.1) is 36.7 Å². The number of carbonyl (C=O) groups excluding carboxylic acids is 2. The molecule has 0 radical (unpaired) electrons. The van der Waals surface area contributed by atoms with Gasteiger partial charge in [0.15, 0.2) is 0 Å². The Morgan fingerprint density at radius 1 is 0.667 bits per heavy atom. The highest BCUT2D eigenvalue weighted by atomic mass is 32.2. The monoisotopic (exact) mass is 672 g/mol. The normalized spacial score (nSPS) is 11.1. The number of rotatable bonds is 28. The molecule has 14 nitrogen and oxygen atoms in total. The van der Waals surface area contributed by atoms with Crippen LogP contribution in [0, 0.1) is 0 Å². The van der Waals surface area contributed by atoms with E-state index < -0.39 is 12.2 Å². The van der Waals surface area contributed by atoms with Gasteiger partial charge in [-0.2, -0.15) is 9.78 Å². The van der Waals surface area contributed by atoms with E-state index in [4.69, 9.17) is 34.3 Å². The first-order chi connectivity index (χ1) is 19.2. The lowest BCUT2D eigenvalue weighted by Crippen LogP contribution is -2.24. The number of hydrogen-bond acceptors (Lipinski definition) is 18. The maximum Gasteiger partial charge on any atom is 0.408 e. The molecule has 4 N–H and O–H groups in total. The standard InChI is InChI=1S/C19H36N4O10S6/c24-3-1-5-28-18(26)22-11-36-15-35-10-21-8-32-33-14-39-17-38-13-29-19(27)23-12-37-16-34-9-20-7-31-30-6-2-4-25/h7-8,24-25H,1-6,9-17H2,(H,22,26)(H,23,27). The van der Waals surface area contributed by atoms with Crippen LogP contribution in [0.1, 0.15) is 12.8 Å². The van der Waals surface area contributed by atoms with Crippen molar-refractivity contribution in [1.82, 2.24) is 10.6 Å². The van der Waals surface area contributed by atoms with Crippen molar-refractivity contribution in [1.29, 1.82) is 0 Å². The second-order valence-electron chi connectivity index (χ2n) is 6.14. The van der Waals surface area contributed by atoms with Gasteiger partial charge in [0, 0.05) is 34.9 Å². The van der Waals surface area contributed by atoms with Crippen LogP contribution >= 0.6 is 70.6 Å². The van der Waals surface area contributed by atoms with Gasteiger partial charge in [-0.1, -0.05) is 0 Å². The van der Waals surface area contributed by atoms with Gasteiger partial charge in [0.1, 0.15) is 11.9 Å². The molecule has 20 heteroatoms. The molecule has 0 aromatic rings. The van der Waals surface area contributed by atoms with Crippen molar-refractivity contribution in [3.63, 3.8) is 0 Å². The molecule has 0 heterocycles. The fourth-order valence-electron chi connectivity index (χ4n) is 1.57. The summed E-state index contributed by atoms with van der Waals surface area (Å²) >= 11 is 9.03. The highest BCUT2D eigenvalue weighted by Crippen LogP contribution is 2.13. The van der Waals surface area contributed by atoms with Crippen LogP contribution < -0.4 is 10.6 Å². The Labute approximate surface area is 253 Å². The summed E-state index contributed by atoms with van der Waals surface area (Å²) in [6, 6.07) is 0. The number of amides is 2. The third kappa shape index (κ3) is 33.5. The molecule has 2 amide bonds. The van der Waals surface area contributed by atoms with E-state index in [0.717, 1.165) is 10.2 Å². The molecule has 0 atom stereocenters. The molecule has 0 aromatic heterocycles. The third-order valence-corrected chi connectivity index (χ3v) is 9.07. The molecule has 0 spiro atoms. The molecule has 0 rings (SSSR count). The number of alkyl carbamates (subject to hydrolysis) is 2. The van der Waals surface area contributed by atoms with E-state index in [0.29, 0.717) is 54.0 Å². The van der Waals surface area contributed by atoms with Crippen LogP contribution in [0.25, 0.3) is 0 Å². The van der Waals surface area contributed by atoms with Gasteiger partial charge in [0.25, 0.3) is 0 Å². The van der Waals surface area contributed by atoms with Gasteiger partial charge in [0.2, 0.25) is 12.8 Å². The Bertz CT molecular complexity index is 631. The summed E-state index contributed by atoms with van der Waals surface area (Å²) in [5.74, 6) is 2.38. The van der Waals surface area contributed by atoms with Crippen LogP contribution in [-0.2, 0) is 29.0 Å². The van der Waals surface area contributed by atoms with Crippen LogP contribution in [0.5, 0.6) is 0 Å². The second kappa shape index (κ2) is 33.6. The lowest BCUT2D eigenvalue weighted by Gasteiger charge is -2.06. The number of aliphatic hydroxyl groups is 2. The Hall–Kier alpha value is -0.580. The fraction of sp³-hybridized carbons (Fsp3) is 0.789. The maximum atomic E-state index is 11.6. The third-order valence-electron chi connectivity index (χ3n) is 3.17. The van der Waals surface area contributed by atoms with E-state index in [2.05, 4.69) is 25.5 Å². The largest absolute Gasteiger partial charge is 0.449 e. The molecule has 0 aliphatic rings. The smallest absolute Gasteiger partial charge is 0.408 e. The van der Waals surface area contributed by atoms with Gasteiger partial charge >= 0.3 is 12.2 Å². The molecule has 0 saturated heterocycles. The summed E-state index contributed by atoms with van der Waals surface area (Å²) in [6.45, 7) is 0.550. The minimum absolute atomic E-state index is 0.00831. The zero-order chi connectivity index (χ0) is 28.5. The van der Waals surface area contributed by atoms with E-state index in [1.54, 1.807) is 23.5 Å². The predicted octanol–water partition coefficient (Wildman–Crippen LogP) is 3.17. The van der Waals surface area contributed by atoms with Crippen molar-refractivity contribution in [2.75, 3.05) is 77.1 Å². The zero-order valence-corrected chi connectivity index (χ0v) is 26.2. The molecule has 0 aliphatic carbocycles. The molecule has 0 fully saturated rings. The number of aliphatic hydroxyl groups excluding tert-OH is 2. The molecule has 39 heavy (non-hydrogen) atoms. The van der Waals surface area contributed by atoms with Gasteiger partial charge in [-0.05, 0) is 6.42 Å². The summed E-state index contributed by atoms with van der Waals surface area (Å²) < 4.78 is 9.89. The van der Waals surface area contributed by atoms with Gasteiger partial charge in [-0.25, -0.2) is 19.6 Å². The van der Waals surface area contributed by atoms with Crippen molar-refractivity contribution in [3.8, 4) is 0 Å². The van der Waals surface area contributed by atoms with Crippen LogP contribution in [0.15, 0.2) is 9.98 Å². The molecule has 0 saturated carbocycles. The lowest BCUT2D eigenvalue weighted by molar-refractivity contribution is -0.217. The van der Waals surface area contributed by atoms with E-state index in [-0.39, 0.29) is 25.8 Å². The molecular weight excluding hydrogens is 637 g/mol. The number of nitrogens with one attached hydrogen (secondary N) is 2. The number of aliphatic imine (C=N–C) groups is 2. The highest BCUT2D eigenvalue weighted by Gasteiger charge is 2.02. The Kier molecular flexibility index (Phi) is 33.1. The minimum atomic E-state index is -0.496. The van der Waals surface area contributed by atoms with Crippen LogP contribution in [0.4, 0.5) is 9.59 Å². The molecule has 0 bridgehead atoms. The van der Waals surface area contributed by atoms with Crippen molar-refractivity contribution in [2.24, 2.45) is 9.98 Å². The fourth-order valence-corrected chi connectivity index (χ4v) is 5.88. The van der Waals surface area contributed by atoms with Crippen LogP contribution in [0.3, 0.4) is 0 Å². The summed E-state index contributed by atoms with van der Waals surface area (Å²) in [5, 5.41) is 24.5. The SMILES string of the molecule is O=C(NCSCSCN=COOCSCSCOC(=O)NCSCSCN=COOCCCO)OCCCO. The zero-order valence-electron chi connectivity index (χ0n) is 21.3. The number of nitrogens with zero attached hydrogens (tertiary/aromatic N) is 2. The van der Waals surface area contributed by atoms with Crippen molar-refractivity contribution < 1.29 is 48.8 Å². The van der Waals surface area contributed by atoms with E-state index >= 15 is 0 Å². The predicted molar refractivity (Wildman–Crippen MR) is 163 cm³/mol. The Morgan fingerprint density at radius 3 is 1.85 bits per heavy atom. The average molecular weight is 673 g/mol. The van der Waals surface area contributed by atoms with Crippen LogP contribution in [-0.4, -0.2) is 112 Å². The molecular formula is C19H36N4O10S6. The first-order valence-corrected chi connectivity index (χ1v) is 18.2. The average Bonchev–Trinajstić information content (AvgIpc) is 2.93. The number of hydrogen-bond donors (Lipinski definition) is 4. The van der Waals surface area contributed by atoms with Gasteiger partial charge < -0.3 is 40.1 Å². The Morgan fingerprint density at radius 2 is 1.21 bits per heavy atom. The summed E-state index contributed by atoms with van der Waals surface area (Å²) in [5.41, 5.74) is 0. The lowest BCUT2D eigenvalue weighted by atomic mass is 10.5. The molecule has 0 unspecified atom stereocenters. The van der Waals surface area contributed by atoms with Gasteiger partial charge in [-0.15, -0.1) is 70.6 Å². The molecule has 228 valence electrons. The van der Waals surface area contributed by atoms with Crippen molar-refractivity contribution in [2.45, 2.75) is 12.8 Å². The first-order valence-electron chi connectivity index (χ1n) is 11.2. The second-order valence-corrected chi connectivity index (χ2v) is 13.0. The molecule has 0 aromatic carbocycles. The highest BCUT2D eigenvalue weighted by molar-refractivity contribution is 8.16. The number of carbonyl (C=O) groups is 2. The van der Waals surface area contributed by atoms with Crippen molar-refractivity contribution in [3.05, 3.63) is 0 Å². The number of ether oxygens (including phenoxy) is 2. The van der Waals surface area contributed by atoms with E-state index in [9.17, 15) is 9.59 Å². The van der Waals surface area contributed by atoms with E-state index in [1.807, 2.05) is 0 Å². The van der Waals surface area contributed by atoms with Crippen molar-refractivity contribution >= 4 is 95.6 Å². The summed E-state index contributed by atoms with van der Waals surface area (Å²) in [6.07, 6.45) is 2.40. The maximum absolute atomic E-state index is 11.6. The number of thioether (sulfide) groups is 6. The van der Waals surface area contributed by atoms with E-state index in [1.165, 1.54) is 59.8 Å². The minimum Gasteiger partial charge on any atom is -0.449 e. The van der Waals surface area contributed by atoms with Crippen LogP contribution in [0.2, 0.25) is 0 Å². The summed E-state index contributed by atoms with van der Waals surface area (Å²) in [7, 11) is 0. The van der Waals surface area contributed by atoms with Gasteiger partial charge in [-0.3, -0.25) is 0 Å².